The van der Waals surface area contributed by atoms with Crippen molar-refractivity contribution >= 4 is 0 Å². The summed E-state index contributed by atoms with van der Waals surface area (Å²) in [7, 11) is 3.04. The van der Waals surface area contributed by atoms with Gasteiger partial charge in [-0.05, 0) is 25.1 Å². The number of methoxy groups -OCH3 is 1. The second-order valence-electron chi connectivity index (χ2n) is 3.72. The summed E-state index contributed by atoms with van der Waals surface area (Å²) in [6, 6.07) is 4.16. The minimum Gasteiger partial charge on any atom is -0.494 e. The zero-order valence-corrected chi connectivity index (χ0v) is 9.83. The molecule has 0 heterocycles. The molecule has 0 atom stereocenters. The van der Waals surface area contributed by atoms with Crippen LogP contribution in [0.2, 0.25) is 0 Å². The van der Waals surface area contributed by atoms with Gasteiger partial charge in [0.1, 0.15) is 5.82 Å². The minimum absolute atomic E-state index is 0.100. The Kier molecular flexibility index (Phi) is 4.85. The SMILES string of the molecule is COc1cc(F)c(CCN(C)CC#N)cc1F. The summed E-state index contributed by atoms with van der Waals surface area (Å²) in [6.45, 7) is 0.760. The molecule has 17 heavy (non-hydrogen) atoms. The van der Waals surface area contributed by atoms with E-state index < -0.39 is 11.6 Å². The molecule has 3 nitrogen and oxygen atoms in total. The van der Waals surface area contributed by atoms with Crippen LogP contribution in [0, 0.1) is 23.0 Å². The third kappa shape index (κ3) is 3.68. The molecule has 0 saturated heterocycles. The van der Waals surface area contributed by atoms with E-state index in [1.807, 2.05) is 6.07 Å². The van der Waals surface area contributed by atoms with E-state index in [2.05, 4.69) is 4.74 Å². The molecule has 0 amide bonds. The molecule has 0 saturated carbocycles. The van der Waals surface area contributed by atoms with E-state index in [-0.39, 0.29) is 17.9 Å². The van der Waals surface area contributed by atoms with E-state index in [9.17, 15) is 8.78 Å². The second-order valence-corrected chi connectivity index (χ2v) is 3.72. The number of benzene rings is 1. The molecule has 92 valence electrons. The first kappa shape index (κ1) is 13.4. The molecule has 5 heteroatoms. The van der Waals surface area contributed by atoms with Crippen molar-refractivity contribution in [1.82, 2.24) is 4.90 Å². The molecule has 0 bridgehead atoms. The van der Waals surface area contributed by atoms with E-state index in [0.717, 1.165) is 12.1 Å². The van der Waals surface area contributed by atoms with Crippen molar-refractivity contribution in [3.05, 3.63) is 29.3 Å². The van der Waals surface area contributed by atoms with Crippen LogP contribution in [-0.4, -0.2) is 32.1 Å². The van der Waals surface area contributed by atoms with Gasteiger partial charge in [-0.2, -0.15) is 5.26 Å². The molecule has 0 aliphatic rings. The molecular weight excluding hydrogens is 226 g/mol. The Morgan fingerprint density at radius 2 is 2.06 bits per heavy atom. The van der Waals surface area contributed by atoms with E-state index in [0.29, 0.717) is 13.0 Å². The van der Waals surface area contributed by atoms with Crippen LogP contribution in [0.4, 0.5) is 8.78 Å². The predicted molar refractivity (Wildman–Crippen MR) is 59.7 cm³/mol. The maximum Gasteiger partial charge on any atom is 0.165 e. The summed E-state index contributed by atoms with van der Waals surface area (Å²) < 4.78 is 31.5. The first-order valence-corrected chi connectivity index (χ1v) is 5.16. The molecule has 0 aliphatic carbocycles. The van der Waals surface area contributed by atoms with Crippen LogP contribution >= 0.6 is 0 Å². The third-order valence-electron chi connectivity index (χ3n) is 2.42. The Bertz CT molecular complexity index is 429. The fourth-order valence-electron chi connectivity index (χ4n) is 1.43. The molecule has 0 spiro atoms. The van der Waals surface area contributed by atoms with Gasteiger partial charge in [-0.25, -0.2) is 8.78 Å². The van der Waals surface area contributed by atoms with Gasteiger partial charge in [0.2, 0.25) is 0 Å². The van der Waals surface area contributed by atoms with E-state index in [4.69, 9.17) is 5.26 Å². The van der Waals surface area contributed by atoms with Crippen LogP contribution in [0.15, 0.2) is 12.1 Å². The highest BCUT2D eigenvalue weighted by Crippen LogP contribution is 2.21. The standard InChI is InChI=1S/C12H14F2N2O/c1-16(6-4-15)5-3-9-7-11(14)12(17-2)8-10(9)13/h7-8H,3,5-6H2,1-2H3. The molecule has 0 radical (unpaired) electrons. The number of halogens is 2. The Balaban J connectivity index is 2.72. The molecule has 0 N–H and O–H groups in total. The average Bonchev–Trinajstić information content (AvgIpc) is 2.30. The van der Waals surface area contributed by atoms with Gasteiger partial charge < -0.3 is 4.74 Å². The third-order valence-corrected chi connectivity index (χ3v) is 2.42. The highest BCUT2D eigenvalue weighted by Gasteiger charge is 2.10. The first-order chi connectivity index (χ1) is 8.08. The topological polar surface area (TPSA) is 36.3 Å². The van der Waals surface area contributed by atoms with Crippen molar-refractivity contribution in [2.24, 2.45) is 0 Å². The molecule has 1 aromatic rings. The lowest BCUT2D eigenvalue weighted by molar-refractivity contribution is 0.370. The largest absolute Gasteiger partial charge is 0.494 e. The first-order valence-electron chi connectivity index (χ1n) is 5.16. The van der Waals surface area contributed by atoms with Gasteiger partial charge in [-0.15, -0.1) is 0 Å². The highest BCUT2D eigenvalue weighted by molar-refractivity contribution is 5.31. The number of likely N-dealkylation sites (N-methyl/N-ethyl adjacent to an activating group) is 1. The van der Waals surface area contributed by atoms with Crippen molar-refractivity contribution in [2.45, 2.75) is 6.42 Å². The molecule has 1 rings (SSSR count). The van der Waals surface area contributed by atoms with E-state index in [1.165, 1.54) is 7.11 Å². The molecule has 1 aromatic carbocycles. The normalized spacial score (nSPS) is 10.4. The Morgan fingerprint density at radius 3 is 2.65 bits per heavy atom. The summed E-state index contributed by atoms with van der Waals surface area (Å²) in [6.07, 6.45) is 0.352. The van der Waals surface area contributed by atoms with Gasteiger partial charge in [0.15, 0.2) is 11.6 Å². The maximum atomic E-state index is 13.5. The van der Waals surface area contributed by atoms with Crippen molar-refractivity contribution < 1.29 is 13.5 Å². The van der Waals surface area contributed by atoms with Crippen LogP contribution in [0.25, 0.3) is 0 Å². The molecule has 0 aliphatic heterocycles. The highest BCUT2D eigenvalue weighted by atomic mass is 19.1. The number of nitriles is 1. The summed E-state index contributed by atoms with van der Waals surface area (Å²) >= 11 is 0. The number of rotatable bonds is 5. The molecule has 0 aromatic heterocycles. The molecule has 0 unspecified atom stereocenters. The summed E-state index contributed by atoms with van der Waals surface area (Å²) in [5.74, 6) is -1.17. The van der Waals surface area contributed by atoms with Crippen molar-refractivity contribution in [1.29, 1.82) is 5.26 Å². The lowest BCUT2D eigenvalue weighted by Gasteiger charge is -2.13. The summed E-state index contributed by atoms with van der Waals surface area (Å²) in [4.78, 5) is 1.74. The Morgan fingerprint density at radius 1 is 1.35 bits per heavy atom. The van der Waals surface area contributed by atoms with Crippen molar-refractivity contribution in [2.75, 3.05) is 27.2 Å². The zero-order chi connectivity index (χ0) is 12.8. The van der Waals surface area contributed by atoms with Gasteiger partial charge in [-0.3, -0.25) is 4.90 Å². The van der Waals surface area contributed by atoms with Gasteiger partial charge in [0.05, 0.1) is 19.7 Å². The van der Waals surface area contributed by atoms with E-state index in [1.54, 1.807) is 11.9 Å². The maximum absolute atomic E-state index is 13.5. The quantitative estimate of drug-likeness (QED) is 0.738. The summed E-state index contributed by atoms with van der Waals surface area (Å²) in [5.41, 5.74) is 0.285. The fourth-order valence-corrected chi connectivity index (χ4v) is 1.43. The number of hydrogen-bond donors (Lipinski definition) is 0. The van der Waals surface area contributed by atoms with Crippen LogP contribution in [0.3, 0.4) is 0 Å². The molecular formula is C12H14F2N2O. The minimum atomic E-state index is -0.577. The Labute approximate surface area is 99.2 Å². The second kappa shape index (κ2) is 6.16. The van der Waals surface area contributed by atoms with Crippen molar-refractivity contribution in [3.8, 4) is 11.8 Å². The predicted octanol–water partition coefficient (Wildman–Crippen LogP) is 1.97. The number of nitrogens with zero attached hydrogens (tertiary/aromatic N) is 2. The van der Waals surface area contributed by atoms with Crippen molar-refractivity contribution in [3.63, 3.8) is 0 Å². The summed E-state index contributed by atoms with van der Waals surface area (Å²) in [5, 5.41) is 8.46. The van der Waals surface area contributed by atoms with Crippen LogP contribution in [0.1, 0.15) is 5.56 Å². The lowest BCUT2D eigenvalue weighted by atomic mass is 10.1. The number of hydrogen-bond acceptors (Lipinski definition) is 3. The smallest absolute Gasteiger partial charge is 0.165 e. The van der Waals surface area contributed by atoms with Gasteiger partial charge in [0.25, 0.3) is 0 Å². The van der Waals surface area contributed by atoms with Gasteiger partial charge in [0, 0.05) is 12.6 Å². The zero-order valence-electron chi connectivity index (χ0n) is 9.83. The van der Waals surface area contributed by atoms with E-state index >= 15 is 0 Å². The van der Waals surface area contributed by atoms with Crippen LogP contribution in [-0.2, 0) is 6.42 Å². The Hall–Kier alpha value is -1.67. The molecule has 0 fully saturated rings. The number of ether oxygens (including phenoxy) is 1. The monoisotopic (exact) mass is 240 g/mol. The van der Waals surface area contributed by atoms with Gasteiger partial charge in [-0.1, -0.05) is 0 Å². The van der Waals surface area contributed by atoms with Gasteiger partial charge >= 0.3 is 0 Å². The van der Waals surface area contributed by atoms with Crippen LogP contribution in [0.5, 0.6) is 5.75 Å². The average molecular weight is 240 g/mol. The van der Waals surface area contributed by atoms with Crippen LogP contribution < -0.4 is 4.74 Å². The lowest BCUT2D eigenvalue weighted by Crippen LogP contribution is -2.21. The fraction of sp³-hybridized carbons (Fsp3) is 0.417.